The molecule has 16 heavy (non-hydrogen) atoms. The monoisotopic (exact) mass is 220 g/mol. The second-order valence-electron chi connectivity index (χ2n) is 4.38. The molecule has 0 saturated carbocycles. The van der Waals surface area contributed by atoms with Gasteiger partial charge in [0.05, 0.1) is 0 Å². The molecule has 0 aliphatic rings. The second-order valence-corrected chi connectivity index (χ2v) is 4.38. The second kappa shape index (κ2) is 5.54. The maximum atomic E-state index is 11.8. The van der Waals surface area contributed by atoms with Crippen molar-refractivity contribution in [2.45, 2.75) is 20.8 Å². The van der Waals surface area contributed by atoms with Crippen molar-refractivity contribution in [2.75, 3.05) is 18.9 Å². The van der Waals surface area contributed by atoms with Crippen LogP contribution in [-0.4, -0.2) is 19.5 Å². The van der Waals surface area contributed by atoms with E-state index in [-0.39, 0.29) is 5.91 Å². The fraction of sp³-hybridized carbons (Fsp3) is 0.462. The quantitative estimate of drug-likeness (QED) is 0.818. The lowest BCUT2D eigenvalue weighted by Crippen LogP contribution is -2.27. The molecule has 0 heterocycles. The Bertz CT molecular complexity index is 372. The zero-order chi connectivity index (χ0) is 12.1. The van der Waals surface area contributed by atoms with Crippen molar-refractivity contribution in [1.29, 1.82) is 0 Å². The first-order valence-electron chi connectivity index (χ1n) is 5.61. The molecule has 3 nitrogen and oxygen atoms in total. The SMILES string of the molecule is CNc1ccc(C(=O)NCC(C)C)cc1C. The van der Waals surface area contributed by atoms with E-state index >= 15 is 0 Å². The Morgan fingerprint density at radius 2 is 2.06 bits per heavy atom. The van der Waals surface area contributed by atoms with Crippen LogP contribution in [0.15, 0.2) is 18.2 Å². The van der Waals surface area contributed by atoms with E-state index in [1.807, 2.05) is 32.2 Å². The van der Waals surface area contributed by atoms with Crippen LogP contribution in [0.5, 0.6) is 0 Å². The van der Waals surface area contributed by atoms with Crippen molar-refractivity contribution in [3.8, 4) is 0 Å². The maximum absolute atomic E-state index is 11.8. The van der Waals surface area contributed by atoms with Crippen molar-refractivity contribution in [3.63, 3.8) is 0 Å². The average molecular weight is 220 g/mol. The lowest BCUT2D eigenvalue weighted by atomic mass is 10.1. The first-order valence-corrected chi connectivity index (χ1v) is 5.61. The Balaban J connectivity index is 2.73. The maximum Gasteiger partial charge on any atom is 0.251 e. The van der Waals surface area contributed by atoms with E-state index in [1.54, 1.807) is 0 Å². The highest BCUT2D eigenvalue weighted by Gasteiger charge is 2.07. The molecule has 1 aromatic rings. The fourth-order valence-electron chi connectivity index (χ4n) is 1.48. The minimum atomic E-state index is -0.000506. The van der Waals surface area contributed by atoms with Gasteiger partial charge >= 0.3 is 0 Å². The van der Waals surface area contributed by atoms with Gasteiger partial charge in [0.25, 0.3) is 5.91 Å². The number of amides is 1. The van der Waals surface area contributed by atoms with E-state index in [9.17, 15) is 4.79 Å². The lowest BCUT2D eigenvalue weighted by molar-refractivity contribution is 0.0949. The number of rotatable bonds is 4. The Morgan fingerprint density at radius 3 is 2.56 bits per heavy atom. The highest BCUT2D eigenvalue weighted by molar-refractivity contribution is 5.94. The highest BCUT2D eigenvalue weighted by atomic mass is 16.1. The van der Waals surface area contributed by atoms with Crippen LogP contribution in [0.3, 0.4) is 0 Å². The van der Waals surface area contributed by atoms with Crippen LogP contribution in [-0.2, 0) is 0 Å². The summed E-state index contributed by atoms with van der Waals surface area (Å²) in [6.07, 6.45) is 0. The highest BCUT2D eigenvalue weighted by Crippen LogP contribution is 2.15. The van der Waals surface area contributed by atoms with Gasteiger partial charge in [0, 0.05) is 24.8 Å². The number of anilines is 1. The van der Waals surface area contributed by atoms with Gasteiger partial charge in [-0.05, 0) is 36.6 Å². The predicted molar refractivity (Wildman–Crippen MR) is 67.9 cm³/mol. The number of nitrogens with one attached hydrogen (secondary N) is 2. The van der Waals surface area contributed by atoms with Crippen molar-refractivity contribution in [1.82, 2.24) is 5.32 Å². The van der Waals surface area contributed by atoms with Crippen LogP contribution < -0.4 is 10.6 Å². The molecule has 2 N–H and O–H groups in total. The molecule has 88 valence electrons. The van der Waals surface area contributed by atoms with Crippen LogP contribution >= 0.6 is 0 Å². The fourth-order valence-corrected chi connectivity index (χ4v) is 1.48. The van der Waals surface area contributed by atoms with Gasteiger partial charge in [0.15, 0.2) is 0 Å². The molecule has 0 aromatic heterocycles. The molecular weight excluding hydrogens is 200 g/mol. The molecule has 0 radical (unpaired) electrons. The van der Waals surface area contributed by atoms with Gasteiger partial charge in [-0.25, -0.2) is 0 Å². The number of aryl methyl sites for hydroxylation is 1. The summed E-state index contributed by atoms with van der Waals surface area (Å²) in [4.78, 5) is 11.8. The van der Waals surface area contributed by atoms with Crippen LogP contribution in [0.4, 0.5) is 5.69 Å². The normalized spacial score (nSPS) is 10.3. The standard InChI is InChI=1S/C13H20N2O/c1-9(2)8-15-13(16)11-5-6-12(14-4)10(3)7-11/h5-7,9,14H,8H2,1-4H3,(H,15,16). The third kappa shape index (κ3) is 3.26. The van der Waals surface area contributed by atoms with Gasteiger partial charge < -0.3 is 10.6 Å². The number of carbonyl (C=O) groups excluding carboxylic acids is 1. The summed E-state index contributed by atoms with van der Waals surface area (Å²) in [5.41, 5.74) is 2.86. The number of hydrogen-bond donors (Lipinski definition) is 2. The van der Waals surface area contributed by atoms with E-state index in [4.69, 9.17) is 0 Å². The Kier molecular flexibility index (Phi) is 4.35. The molecule has 0 unspecified atom stereocenters. The number of carbonyl (C=O) groups is 1. The summed E-state index contributed by atoms with van der Waals surface area (Å²) in [6, 6.07) is 5.68. The van der Waals surface area contributed by atoms with E-state index in [2.05, 4.69) is 24.5 Å². The Morgan fingerprint density at radius 1 is 1.38 bits per heavy atom. The molecule has 0 saturated heterocycles. The predicted octanol–water partition coefficient (Wildman–Crippen LogP) is 2.42. The summed E-state index contributed by atoms with van der Waals surface area (Å²) < 4.78 is 0. The van der Waals surface area contributed by atoms with E-state index in [1.165, 1.54) is 0 Å². The van der Waals surface area contributed by atoms with Crippen LogP contribution in [0.25, 0.3) is 0 Å². The molecule has 0 aliphatic heterocycles. The van der Waals surface area contributed by atoms with Crippen molar-refractivity contribution in [3.05, 3.63) is 29.3 Å². The van der Waals surface area contributed by atoms with Gasteiger partial charge in [-0.1, -0.05) is 13.8 Å². The summed E-state index contributed by atoms with van der Waals surface area (Å²) in [5.74, 6) is 0.473. The summed E-state index contributed by atoms with van der Waals surface area (Å²) in [7, 11) is 1.88. The van der Waals surface area contributed by atoms with Gasteiger partial charge in [0.1, 0.15) is 0 Å². The summed E-state index contributed by atoms with van der Waals surface area (Å²) >= 11 is 0. The zero-order valence-electron chi connectivity index (χ0n) is 10.4. The van der Waals surface area contributed by atoms with E-state index in [0.717, 1.165) is 16.8 Å². The average Bonchev–Trinajstić information content (AvgIpc) is 2.25. The first kappa shape index (κ1) is 12.6. The molecule has 1 amide bonds. The van der Waals surface area contributed by atoms with Gasteiger partial charge in [-0.3, -0.25) is 4.79 Å². The minimum absolute atomic E-state index is 0.000506. The molecule has 3 heteroatoms. The van der Waals surface area contributed by atoms with Crippen LogP contribution in [0.1, 0.15) is 29.8 Å². The van der Waals surface area contributed by atoms with Crippen molar-refractivity contribution >= 4 is 11.6 Å². The van der Waals surface area contributed by atoms with E-state index in [0.29, 0.717) is 12.5 Å². The Hall–Kier alpha value is -1.51. The smallest absolute Gasteiger partial charge is 0.251 e. The number of benzene rings is 1. The molecule has 0 spiro atoms. The first-order chi connectivity index (χ1) is 7.54. The van der Waals surface area contributed by atoms with Gasteiger partial charge in [0.2, 0.25) is 0 Å². The number of hydrogen-bond acceptors (Lipinski definition) is 2. The zero-order valence-corrected chi connectivity index (χ0v) is 10.4. The molecule has 0 bridgehead atoms. The Labute approximate surface area is 97.2 Å². The van der Waals surface area contributed by atoms with Crippen LogP contribution in [0.2, 0.25) is 0 Å². The van der Waals surface area contributed by atoms with E-state index < -0.39 is 0 Å². The van der Waals surface area contributed by atoms with Crippen molar-refractivity contribution < 1.29 is 4.79 Å². The largest absolute Gasteiger partial charge is 0.388 e. The minimum Gasteiger partial charge on any atom is -0.388 e. The van der Waals surface area contributed by atoms with Crippen LogP contribution in [0, 0.1) is 12.8 Å². The van der Waals surface area contributed by atoms with Gasteiger partial charge in [-0.2, -0.15) is 0 Å². The molecule has 0 fully saturated rings. The summed E-state index contributed by atoms with van der Waals surface area (Å²) in [6.45, 7) is 6.86. The van der Waals surface area contributed by atoms with Crippen molar-refractivity contribution in [2.24, 2.45) is 5.92 Å². The third-order valence-electron chi connectivity index (χ3n) is 2.43. The summed E-state index contributed by atoms with van der Waals surface area (Å²) in [5, 5.41) is 5.98. The molecular formula is C13H20N2O. The molecule has 1 rings (SSSR count). The lowest BCUT2D eigenvalue weighted by Gasteiger charge is -2.10. The topological polar surface area (TPSA) is 41.1 Å². The van der Waals surface area contributed by atoms with Gasteiger partial charge in [-0.15, -0.1) is 0 Å². The third-order valence-corrected chi connectivity index (χ3v) is 2.43. The molecule has 1 aromatic carbocycles. The molecule has 0 atom stereocenters. The molecule has 0 aliphatic carbocycles.